The molecule has 0 aliphatic heterocycles. The van der Waals surface area contributed by atoms with Crippen LogP contribution in [0.2, 0.25) is 0 Å². The van der Waals surface area contributed by atoms with Crippen molar-refractivity contribution in [3.63, 3.8) is 0 Å². The second-order valence-corrected chi connectivity index (χ2v) is 5.43. The van der Waals surface area contributed by atoms with Gasteiger partial charge in [0.2, 0.25) is 23.5 Å². The molecule has 0 fully saturated rings. The van der Waals surface area contributed by atoms with Crippen molar-refractivity contribution in [2.45, 2.75) is 0 Å². The molecule has 0 saturated heterocycles. The summed E-state index contributed by atoms with van der Waals surface area (Å²) in [6.45, 7) is 7.77. The molecule has 11 heteroatoms. The van der Waals surface area contributed by atoms with Gasteiger partial charge in [0.15, 0.2) is 0 Å². The summed E-state index contributed by atoms with van der Waals surface area (Å²) in [6.07, 6.45) is 0. The largest absolute Gasteiger partial charge is 0.394 e. The van der Waals surface area contributed by atoms with Crippen LogP contribution in [0.25, 0.3) is 11.6 Å². The summed E-state index contributed by atoms with van der Waals surface area (Å²) in [5.41, 5.74) is 6.66. The number of carbonyl (C=O) groups is 1. The molecule has 1 aromatic carbocycles. The van der Waals surface area contributed by atoms with E-state index >= 15 is 0 Å². The van der Waals surface area contributed by atoms with Crippen LogP contribution >= 0.6 is 0 Å². The quantitative estimate of drug-likeness (QED) is 0.446. The van der Waals surface area contributed by atoms with E-state index in [2.05, 4.69) is 38.9 Å². The van der Waals surface area contributed by atoms with Gasteiger partial charge >= 0.3 is 11.8 Å². The Hall–Kier alpha value is -2.87. The summed E-state index contributed by atoms with van der Waals surface area (Å²) < 4.78 is 5.03. The summed E-state index contributed by atoms with van der Waals surface area (Å²) in [4.78, 5) is 31.9. The molecular formula is C18H21N8O2W-3. The Morgan fingerprint density at radius 3 is 2.34 bits per heavy atom. The van der Waals surface area contributed by atoms with E-state index in [4.69, 9.17) is 10.3 Å². The van der Waals surface area contributed by atoms with Crippen molar-refractivity contribution in [2.75, 3.05) is 30.8 Å². The van der Waals surface area contributed by atoms with Gasteiger partial charge in [-0.1, -0.05) is 23.4 Å². The van der Waals surface area contributed by atoms with Crippen LogP contribution in [0.1, 0.15) is 10.7 Å². The first-order valence-electron chi connectivity index (χ1n) is 8.05. The first-order chi connectivity index (χ1) is 13.0. The zero-order chi connectivity index (χ0) is 19.4. The second kappa shape index (κ2) is 10.6. The Kier molecular flexibility index (Phi) is 8.84. The fourth-order valence-corrected chi connectivity index (χ4v) is 2.25. The first kappa shape index (κ1) is 24.2. The predicted octanol–water partition coefficient (Wildman–Crippen LogP) is 1.83. The molecule has 2 aromatic heterocycles. The molecule has 3 rings (SSSR count). The van der Waals surface area contributed by atoms with E-state index in [0.29, 0.717) is 5.95 Å². The van der Waals surface area contributed by atoms with Gasteiger partial charge in [-0.3, -0.25) is 4.79 Å². The molecule has 154 valence electrons. The molecule has 0 atom stereocenters. The number of nitrogens with zero attached hydrogens (tertiary/aromatic N) is 7. The van der Waals surface area contributed by atoms with Crippen molar-refractivity contribution >= 4 is 23.5 Å². The summed E-state index contributed by atoms with van der Waals surface area (Å²) in [7, 11) is 1.79. The minimum atomic E-state index is -0.470. The molecule has 0 aliphatic carbocycles. The minimum absolute atomic E-state index is 0. The maximum atomic E-state index is 12.2. The Morgan fingerprint density at radius 2 is 1.72 bits per heavy atom. The molecule has 10 nitrogen and oxygen atoms in total. The predicted molar refractivity (Wildman–Crippen MR) is 105 cm³/mol. The van der Waals surface area contributed by atoms with E-state index in [0.717, 1.165) is 5.69 Å². The van der Waals surface area contributed by atoms with Crippen LogP contribution in [0.5, 0.6) is 0 Å². The number of aromatic nitrogens is 5. The zero-order valence-corrected chi connectivity index (χ0v) is 19.1. The number of amides is 1. The van der Waals surface area contributed by atoms with E-state index in [1.54, 1.807) is 11.9 Å². The van der Waals surface area contributed by atoms with Crippen molar-refractivity contribution in [1.82, 2.24) is 30.0 Å². The third-order valence-corrected chi connectivity index (χ3v) is 3.72. The molecular weight excluding hydrogens is 544 g/mol. The SMILES string of the molecule is [CH2-]CN(C[CH2-])C(=O)c1nc(-c2nc(N)nc(N(C)c3ccccc3)n2)no1.[CH3-].[W]. The molecule has 2 heterocycles. The van der Waals surface area contributed by atoms with Crippen LogP contribution in [0.4, 0.5) is 17.6 Å². The van der Waals surface area contributed by atoms with E-state index in [1.165, 1.54) is 4.90 Å². The van der Waals surface area contributed by atoms with Crippen LogP contribution < -0.4 is 10.6 Å². The van der Waals surface area contributed by atoms with Gasteiger partial charge in [0.1, 0.15) is 0 Å². The second-order valence-electron chi connectivity index (χ2n) is 5.43. The summed E-state index contributed by atoms with van der Waals surface area (Å²) in [5, 5.41) is 3.77. The van der Waals surface area contributed by atoms with E-state index in [9.17, 15) is 4.79 Å². The Morgan fingerprint density at radius 1 is 1.07 bits per heavy atom. The number of nitrogens with two attached hydrogens (primary N) is 1. The molecule has 0 aliphatic rings. The van der Waals surface area contributed by atoms with Crippen molar-refractivity contribution in [1.29, 1.82) is 0 Å². The molecule has 1 amide bonds. The minimum Gasteiger partial charge on any atom is -0.394 e. The summed E-state index contributed by atoms with van der Waals surface area (Å²) in [6, 6.07) is 9.49. The first-order valence-corrected chi connectivity index (χ1v) is 8.05. The monoisotopic (exact) mass is 565 g/mol. The third kappa shape index (κ3) is 5.35. The Labute approximate surface area is 183 Å². The van der Waals surface area contributed by atoms with Crippen molar-refractivity contribution in [3.05, 3.63) is 57.5 Å². The van der Waals surface area contributed by atoms with Gasteiger partial charge in [-0.2, -0.15) is 19.9 Å². The molecule has 3 aromatic rings. The van der Waals surface area contributed by atoms with Crippen LogP contribution in [0.15, 0.2) is 34.9 Å². The van der Waals surface area contributed by atoms with Crippen molar-refractivity contribution < 1.29 is 30.4 Å². The zero-order valence-electron chi connectivity index (χ0n) is 16.1. The summed E-state index contributed by atoms with van der Waals surface area (Å²) >= 11 is 0. The third-order valence-electron chi connectivity index (χ3n) is 3.72. The molecule has 0 saturated carbocycles. The van der Waals surface area contributed by atoms with Crippen LogP contribution in [0, 0.1) is 21.3 Å². The number of hydrogen-bond donors (Lipinski definition) is 1. The smallest absolute Gasteiger partial charge is 0.316 e. The molecule has 29 heavy (non-hydrogen) atoms. The number of rotatable bonds is 6. The number of benzene rings is 1. The molecule has 0 spiro atoms. The topological polar surface area (TPSA) is 127 Å². The number of hydrogen-bond acceptors (Lipinski definition) is 9. The van der Waals surface area contributed by atoms with Gasteiger partial charge in [-0.15, -0.1) is 13.1 Å². The van der Waals surface area contributed by atoms with Crippen LogP contribution in [-0.2, 0) is 21.1 Å². The normalized spacial score (nSPS) is 9.90. The molecule has 0 radical (unpaired) electrons. The summed E-state index contributed by atoms with van der Waals surface area (Å²) in [5.74, 6) is -0.245. The van der Waals surface area contributed by atoms with Gasteiger partial charge in [-0.25, -0.2) is 0 Å². The van der Waals surface area contributed by atoms with Gasteiger partial charge in [0.25, 0.3) is 0 Å². The molecule has 0 bridgehead atoms. The van der Waals surface area contributed by atoms with E-state index < -0.39 is 5.91 Å². The van der Waals surface area contributed by atoms with Gasteiger partial charge in [-0.05, 0) is 12.1 Å². The molecule has 0 unspecified atom stereocenters. The van der Waals surface area contributed by atoms with E-state index in [1.807, 2.05) is 30.3 Å². The standard InChI is InChI=1S/C17H18N8O2.CH3.W/c1-4-25(5-2)15(26)14-19-13(23-27-14)12-20-16(18)22-17(21-12)24(3)11-9-7-6-8-10-11;;/h6-10H,1-2,4-5H2,3H3,(H2,18,20,21,22);1H3;/q-2;-1;. The maximum Gasteiger partial charge on any atom is 0.316 e. The fraction of sp³-hybridized carbons (Fsp3) is 0.167. The Balaban J connectivity index is 0.00000210. The van der Waals surface area contributed by atoms with Gasteiger partial charge in [0, 0.05) is 33.8 Å². The molecule has 2 N–H and O–H groups in total. The fourth-order valence-electron chi connectivity index (χ4n) is 2.25. The number of nitrogen functional groups attached to an aromatic ring is 1. The Bertz CT molecular complexity index is 931. The van der Waals surface area contributed by atoms with E-state index in [-0.39, 0.29) is 65.1 Å². The van der Waals surface area contributed by atoms with Crippen molar-refractivity contribution in [2.24, 2.45) is 0 Å². The maximum absolute atomic E-state index is 12.2. The number of carbonyl (C=O) groups excluding carboxylic acids is 1. The number of para-hydroxylation sites is 1. The van der Waals surface area contributed by atoms with Gasteiger partial charge < -0.3 is 41.3 Å². The van der Waals surface area contributed by atoms with Gasteiger partial charge in [0.05, 0.1) is 0 Å². The van der Waals surface area contributed by atoms with Crippen LogP contribution in [-0.4, -0.2) is 56.0 Å². The average molecular weight is 565 g/mol. The average Bonchev–Trinajstić information content (AvgIpc) is 3.19. The van der Waals surface area contributed by atoms with Crippen molar-refractivity contribution in [3.8, 4) is 11.6 Å². The number of anilines is 3. The van der Waals surface area contributed by atoms with Crippen LogP contribution in [0.3, 0.4) is 0 Å².